The van der Waals surface area contributed by atoms with Crippen LogP contribution in [0.1, 0.15) is 115 Å². The fraction of sp³-hybridized carbons (Fsp3) is 0.739. The van der Waals surface area contributed by atoms with Crippen molar-refractivity contribution in [2.45, 2.75) is 188 Å². The zero-order valence-corrected chi connectivity index (χ0v) is 40.0. The highest BCUT2D eigenvalue weighted by Crippen LogP contribution is 2.45. The first-order valence-electron chi connectivity index (χ1n) is 21.0. The summed E-state index contributed by atoms with van der Waals surface area (Å²) in [6.45, 7) is 35.2. The summed E-state index contributed by atoms with van der Waals surface area (Å²) in [5, 5.41) is 0.103. The maximum Gasteiger partial charge on any atom is 0.331 e. The number of ether oxygens (including phenoxy) is 4. The number of carbonyl (C=O) groups excluding carboxylic acids is 2. The Hall–Kier alpha value is -2.09. The van der Waals surface area contributed by atoms with Crippen LogP contribution in [0, 0.1) is 16.7 Å². The van der Waals surface area contributed by atoms with Crippen LogP contribution >= 0.6 is 0 Å². The second-order valence-electron chi connectivity index (χ2n) is 20.8. The molecule has 318 valence electrons. The summed E-state index contributed by atoms with van der Waals surface area (Å²) in [6, 6.07) is 0. The van der Waals surface area contributed by atoms with Crippen molar-refractivity contribution >= 4 is 28.6 Å². The van der Waals surface area contributed by atoms with Gasteiger partial charge in [0.05, 0.1) is 48.0 Å². The number of rotatable bonds is 8. The number of hydrogen-bond donors (Lipinski definition) is 0. The number of allylic oxidation sites excluding steroid dienone is 6. The smallest absolute Gasteiger partial charge is 0.331 e. The number of carbonyl (C=O) groups is 2. The third-order valence-corrected chi connectivity index (χ3v) is 21.8. The molecule has 8 atom stereocenters. The Kier molecular flexibility index (Phi) is 16.7. The summed E-state index contributed by atoms with van der Waals surface area (Å²) in [5.74, 6) is -0.464. The molecule has 3 aliphatic heterocycles. The second kappa shape index (κ2) is 19.3. The summed E-state index contributed by atoms with van der Waals surface area (Å²) in [4.78, 5) is 26.3. The predicted octanol–water partition coefficient (Wildman–Crippen LogP) is 11.2. The van der Waals surface area contributed by atoms with Crippen LogP contribution in [0.25, 0.3) is 0 Å². The average Bonchev–Trinajstić information content (AvgIpc) is 3.05. The van der Waals surface area contributed by atoms with Gasteiger partial charge in [-0.25, -0.2) is 4.79 Å². The molecule has 0 N–H and O–H groups in total. The standard InChI is InChI=1S/C46H78O8Si2/c1-33-23-19-17-20-25-36-31-40(46(12,32-50-55(13,14)44(6,7)8)39(52-36)27-28-49-42(48)43(3,4)5)53-41(47)26-22-18-21-24-35-30-38(34(2)37(29-33)51-35)54-56(15,16)45(9,10)11/h18-23,25-26,29,34-40H,17,24,27-28,30-32H2,1-16H3/b21-18-,23-19-,25-20-,26-22-,33-29-/t34-,35+,36-,37-,38+,39+,40-,46+/m1/s1. The quantitative estimate of drug-likeness (QED) is 0.136. The highest BCUT2D eigenvalue weighted by molar-refractivity contribution is 6.74. The van der Waals surface area contributed by atoms with Gasteiger partial charge in [0.25, 0.3) is 0 Å². The van der Waals surface area contributed by atoms with Crippen molar-refractivity contribution in [1.29, 1.82) is 0 Å². The summed E-state index contributed by atoms with van der Waals surface area (Å²) < 4.78 is 39.5. The van der Waals surface area contributed by atoms with E-state index < -0.39 is 45.6 Å². The lowest BCUT2D eigenvalue weighted by Gasteiger charge is -2.50. The van der Waals surface area contributed by atoms with Gasteiger partial charge in [0, 0.05) is 31.4 Å². The summed E-state index contributed by atoms with van der Waals surface area (Å²) in [6.07, 6.45) is 20.0. The van der Waals surface area contributed by atoms with E-state index in [9.17, 15) is 9.59 Å². The normalized spacial score (nSPS) is 33.6. The zero-order chi connectivity index (χ0) is 42.3. The van der Waals surface area contributed by atoms with Gasteiger partial charge in [0.1, 0.15) is 6.10 Å². The van der Waals surface area contributed by atoms with Crippen molar-refractivity contribution in [3.8, 4) is 0 Å². The van der Waals surface area contributed by atoms with E-state index in [4.69, 9.17) is 27.8 Å². The maximum atomic E-state index is 13.6. The van der Waals surface area contributed by atoms with Crippen LogP contribution in [0.4, 0.5) is 0 Å². The van der Waals surface area contributed by atoms with Gasteiger partial charge in [-0.3, -0.25) is 4.79 Å². The van der Waals surface area contributed by atoms with Crippen molar-refractivity contribution in [2.24, 2.45) is 16.7 Å². The van der Waals surface area contributed by atoms with Crippen molar-refractivity contribution in [1.82, 2.24) is 0 Å². The van der Waals surface area contributed by atoms with E-state index in [2.05, 4.69) is 125 Å². The fourth-order valence-electron chi connectivity index (χ4n) is 6.67. The molecule has 3 aliphatic rings. The van der Waals surface area contributed by atoms with E-state index in [-0.39, 0.29) is 53.0 Å². The van der Waals surface area contributed by atoms with E-state index in [0.29, 0.717) is 32.3 Å². The molecule has 0 aromatic heterocycles. The predicted molar refractivity (Wildman–Crippen MR) is 234 cm³/mol. The lowest BCUT2D eigenvalue weighted by Crippen LogP contribution is -2.57. The van der Waals surface area contributed by atoms with Crippen LogP contribution in [0.15, 0.2) is 60.3 Å². The van der Waals surface area contributed by atoms with Gasteiger partial charge in [-0.15, -0.1) is 0 Å². The molecule has 4 bridgehead atoms. The molecule has 8 nitrogen and oxygen atoms in total. The third-order valence-electron chi connectivity index (χ3n) is 12.8. The Morgan fingerprint density at radius 1 is 0.893 bits per heavy atom. The number of esters is 2. The Morgan fingerprint density at radius 2 is 1.55 bits per heavy atom. The highest BCUT2D eigenvalue weighted by atomic mass is 28.4. The molecule has 0 amide bonds. The maximum absolute atomic E-state index is 13.6. The lowest BCUT2D eigenvalue weighted by atomic mass is 9.73. The van der Waals surface area contributed by atoms with Crippen molar-refractivity contribution in [3.63, 3.8) is 0 Å². The molecule has 3 rings (SSSR count). The Bertz CT molecular complexity index is 1470. The molecule has 0 saturated carbocycles. The van der Waals surface area contributed by atoms with E-state index >= 15 is 0 Å². The van der Waals surface area contributed by atoms with Crippen LogP contribution in [0.3, 0.4) is 0 Å². The zero-order valence-electron chi connectivity index (χ0n) is 38.0. The summed E-state index contributed by atoms with van der Waals surface area (Å²) in [7, 11) is -4.19. The summed E-state index contributed by atoms with van der Waals surface area (Å²) >= 11 is 0. The molecule has 0 aromatic carbocycles. The first-order chi connectivity index (χ1) is 25.7. The van der Waals surface area contributed by atoms with Gasteiger partial charge in [-0.2, -0.15) is 0 Å². The van der Waals surface area contributed by atoms with Gasteiger partial charge in [-0.1, -0.05) is 110 Å². The molecule has 0 unspecified atom stereocenters. The minimum absolute atomic E-state index is 0.00875. The topological polar surface area (TPSA) is 89.5 Å². The van der Waals surface area contributed by atoms with E-state index in [1.807, 2.05) is 26.8 Å². The van der Waals surface area contributed by atoms with E-state index in [0.717, 1.165) is 12.0 Å². The highest BCUT2D eigenvalue weighted by Gasteiger charge is 2.52. The van der Waals surface area contributed by atoms with Gasteiger partial charge in [-0.05, 0) is 83.2 Å². The van der Waals surface area contributed by atoms with Crippen molar-refractivity contribution < 1.29 is 37.4 Å². The molecule has 0 aliphatic carbocycles. The molecule has 2 fully saturated rings. The molecule has 0 spiro atoms. The first-order valence-corrected chi connectivity index (χ1v) is 26.8. The minimum atomic E-state index is -2.18. The molecular formula is C46H78O8Si2. The monoisotopic (exact) mass is 815 g/mol. The molecule has 56 heavy (non-hydrogen) atoms. The Morgan fingerprint density at radius 3 is 2.18 bits per heavy atom. The number of hydrogen-bond acceptors (Lipinski definition) is 8. The van der Waals surface area contributed by atoms with Gasteiger partial charge in [0.15, 0.2) is 16.6 Å². The number of fused-ring (bicyclic) bond motifs is 4. The van der Waals surface area contributed by atoms with Crippen LogP contribution in [0.5, 0.6) is 0 Å². The largest absolute Gasteiger partial charge is 0.465 e. The second-order valence-corrected chi connectivity index (χ2v) is 30.4. The van der Waals surface area contributed by atoms with Gasteiger partial charge >= 0.3 is 11.9 Å². The first kappa shape index (κ1) is 48.3. The third kappa shape index (κ3) is 13.5. The van der Waals surface area contributed by atoms with E-state index in [1.54, 1.807) is 6.08 Å². The van der Waals surface area contributed by atoms with Crippen LogP contribution in [0.2, 0.25) is 36.3 Å². The minimum Gasteiger partial charge on any atom is -0.465 e. The Labute approximate surface area is 343 Å². The van der Waals surface area contributed by atoms with Crippen LogP contribution in [-0.2, 0) is 37.4 Å². The Balaban J connectivity index is 1.96. The molecule has 2 saturated heterocycles. The molecular weight excluding hydrogens is 737 g/mol. The molecule has 0 radical (unpaired) electrons. The SMILES string of the molecule is CC1=C/[C@H]2O[C@@H](C/C=C\C=C/C(=O)O[C@@H]3C[C@@H](/C=C\C/C=C\1)O[C@@H](CCOC(=O)C(C)(C)C)[C@]3(C)CO[Si](C)(C)C(C)(C)C)C[C@H](O[Si](C)(C)C(C)(C)C)[C@@H]2C. The fourth-order valence-corrected chi connectivity index (χ4v) is 9.19. The molecule has 3 heterocycles. The summed E-state index contributed by atoms with van der Waals surface area (Å²) in [5.41, 5.74) is -0.156. The van der Waals surface area contributed by atoms with Crippen molar-refractivity contribution in [2.75, 3.05) is 13.2 Å². The molecule has 0 aromatic rings. The molecule has 10 heteroatoms. The van der Waals surface area contributed by atoms with Crippen LogP contribution in [-0.4, -0.2) is 78.4 Å². The lowest BCUT2D eigenvalue weighted by molar-refractivity contribution is -0.202. The van der Waals surface area contributed by atoms with Gasteiger partial charge < -0.3 is 27.8 Å². The van der Waals surface area contributed by atoms with E-state index in [1.165, 1.54) is 6.08 Å². The van der Waals surface area contributed by atoms with Crippen LogP contribution < -0.4 is 0 Å². The van der Waals surface area contributed by atoms with Gasteiger partial charge in [0.2, 0.25) is 0 Å². The average molecular weight is 815 g/mol. The van der Waals surface area contributed by atoms with Crippen molar-refractivity contribution in [3.05, 3.63) is 60.3 Å².